The Morgan fingerprint density at radius 1 is 1.47 bits per heavy atom. The number of aromatic nitrogens is 2. The van der Waals surface area contributed by atoms with Gasteiger partial charge in [-0.3, -0.25) is 9.48 Å². The van der Waals surface area contributed by atoms with Crippen molar-refractivity contribution in [3.63, 3.8) is 0 Å². The van der Waals surface area contributed by atoms with E-state index in [0.29, 0.717) is 12.1 Å². The average molecular weight is 322 g/mol. The first kappa shape index (κ1) is 13.8. The molecule has 0 aliphatic rings. The summed E-state index contributed by atoms with van der Waals surface area (Å²) in [5.41, 5.74) is 1.82. The minimum Gasteiger partial charge on any atom is -0.352 e. The van der Waals surface area contributed by atoms with Crippen molar-refractivity contribution in [2.75, 3.05) is 6.54 Å². The van der Waals surface area contributed by atoms with Crippen LogP contribution in [0.15, 0.2) is 41.1 Å². The number of hydrogen-bond donors (Lipinski definition) is 1. The van der Waals surface area contributed by atoms with E-state index in [1.807, 2.05) is 42.2 Å². The molecule has 0 radical (unpaired) electrons. The van der Waals surface area contributed by atoms with Crippen LogP contribution in [0.25, 0.3) is 0 Å². The molecular weight excluding hydrogens is 306 g/mol. The van der Waals surface area contributed by atoms with Crippen molar-refractivity contribution < 1.29 is 4.79 Å². The van der Waals surface area contributed by atoms with E-state index < -0.39 is 0 Å². The van der Waals surface area contributed by atoms with Gasteiger partial charge in [0.2, 0.25) is 0 Å². The van der Waals surface area contributed by atoms with Crippen LogP contribution in [0, 0.1) is 6.92 Å². The normalized spacial score (nSPS) is 10.4. The van der Waals surface area contributed by atoms with Gasteiger partial charge in [-0.15, -0.1) is 0 Å². The smallest absolute Gasteiger partial charge is 0.251 e. The molecule has 1 aromatic heterocycles. The Labute approximate surface area is 120 Å². The lowest BCUT2D eigenvalue weighted by atomic mass is 10.2. The minimum absolute atomic E-state index is 0.0436. The lowest BCUT2D eigenvalue weighted by Crippen LogP contribution is -2.25. The number of halogens is 1. The number of hydrogen-bond acceptors (Lipinski definition) is 2. The second kappa shape index (κ2) is 6.52. The number of amides is 1. The van der Waals surface area contributed by atoms with E-state index in [1.165, 1.54) is 0 Å². The minimum atomic E-state index is -0.0436. The zero-order valence-corrected chi connectivity index (χ0v) is 12.4. The number of nitrogens with zero attached hydrogens (tertiary/aromatic N) is 2. The summed E-state index contributed by atoms with van der Waals surface area (Å²) >= 11 is 3.35. The first-order valence-corrected chi connectivity index (χ1v) is 6.97. The molecule has 0 saturated carbocycles. The fourth-order valence-corrected chi connectivity index (χ4v) is 2.16. The Balaban J connectivity index is 1.75. The predicted octanol–water partition coefficient (Wildman–Crippen LogP) is 2.77. The first-order valence-electron chi connectivity index (χ1n) is 6.18. The lowest BCUT2D eigenvalue weighted by molar-refractivity contribution is 0.0952. The number of rotatable bonds is 5. The van der Waals surface area contributed by atoms with Gasteiger partial charge in [0.05, 0.1) is 6.20 Å². The van der Waals surface area contributed by atoms with Crippen LogP contribution >= 0.6 is 15.9 Å². The second-order valence-electron chi connectivity index (χ2n) is 4.40. The maximum Gasteiger partial charge on any atom is 0.251 e. The van der Waals surface area contributed by atoms with Gasteiger partial charge in [-0.05, 0) is 37.1 Å². The molecule has 0 spiro atoms. The molecule has 1 heterocycles. The zero-order chi connectivity index (χ0) is 13.7. The van der Waals surface area contributed by atoms with Crippen molar-refractivity contribution in [3.05, 3.63) is 52.3 Å². The zero-order valence-electron chi connectivity index (χ0n) is 10.8. The molecule has 1 N–H and O–H groups in total. The molecule has 1 aromatic carbocycles. The van der Waals surface area contributed by atoms with Gasteiger partial charge < -0.3 is 5.32 Å². The van der Waals surface area contributed by atoms with Crippen molar-refractivity contribution in [1.82, 2.24) is 15.1 Å². The maximum atomic E-state index is 11.9. The summed E-state index contributed by atoms with van der Waals surface area (Å²) in [5, 5.41) is 7.10. The molecule has 2 rings (SSSR count). The number of benzene rings is 1. The maximum absolute atomic E-state index is 11.9. The molecule has 0 aliphatic carbocycles. The SMILES string of the molecule is Cc1cnn(CCCNC(=O)c2cccc(Br)c2)c1. The largest absolute Gasteiger partial charge is 0.352 e. The van der Waals surface area contributed by atoms with Crippen LogP contribution in [0.4, 0.5) is 0 Å². The first-order chi connectivity index (χ1) is 9.15. The summed E-state index contributed by atoms with van der Waals surface area (Å²) in [7, 11) is 0. The van der Waals surface area contributed by atoms with E-state index in [2.05, 4.69) is 26.3 Å². The average Bonchev–Trinajstić information content (AvgIpc) is 2.80. The van der Waals surface area contributed by atoms with Crippen molar-refractivity contribution >= 4 is 21.8 Å². The monoisotopic (exact) mass is 321 g/mol. The van der Waals surface area contributed by atoms with E-state index in [1.54, 1.807) is 6.07 Å². The molecule has 0 atom stereocenters. The summed E-state index contributed by atoms with van der Waals surface area (Å²) in [5.74, 6) is -0.0436. The van der Waals surface area contributed by atoms with Gasteiger partial charge in [0.1, 0.15) is 0 Å². The third kappa shape index (κ3) is 4.21. The molecule has 2 aromatic rings. The number of carbonyl (C=O) groups excluding carboxylic acids is 1. The molecule has 0 unspecified atom stereocenters. The quantitative estimate of drug-likeness (QED) is 0.861. The standard InChI is InChI=1S/C14H16BrN3O/c1-11-9-17-18(10-11)7-3-6-16-14(19)12-4-2-5-13(15)8-12/h2,4-5,8-10H,3,6-7H2,1H3,(H,16,19). The van der Waals surface area contributed by atoms with E-state index in [-0.39, 0.29) is 5.91 Å². The van der Waals surface area contributed by atoms with E-state index in [9.17, 15) is 4.79 Å². The molecule has 4 nitrogen and oxygen atoms in total. The second-order valence-corrected chi connectivity index (χ2v) is 5.32. The summed E-state index contributed by atoms with van der Waals surface area (Å²) < 4.78 is 2.80. The van der Waals surface area contributed by atoms with Gasteiger partial charge in [-0.1, -0.05) is 22.0 Å². The highest BCUT2D eigenvalue weighted by Gasteiger charge is 2.04. The molecule has 100 valence electrons. The van der Waals surface area contributed by atoms with Gasteiger partial charge in [0.15, 0.2) is 0 Å². The van der Waals surface area contributed by atoms with Crippen LogP contribution in [-0.2, 0) is 6.54 Å². The molecule has 0 bridgehead atoms. The van der Waals surface area contributed by atoms with E-state index >= 15 is 0 Å². The van der Waals surface area contributed by atoms with Gasteiger partial charge >= 0.3 is 0 Å². The summed E-state index contributed by atoms with van der Waals surface area (Å²) in [6.45, 7) is 3.47. The van der Waals surface area contributed by atoms with Crippen molar-refractivity contribution in [3.8, 4) is 0 Å². The Kier molecular flexibility index (Phi) is 4.74. The lowest BCUT2D eigenvalue weighted by Gasteiger charge is -2.05. The van der Waals surface area contributed by atoms with Crippen LogP contribution in [-0.4, -0.2) is 22.2 Å². The fraction of sp³-hybridized carbons (Fsp3) is 0.286. The van der Waals surface area contributed by atoms with Crippen molar-refractivity contribution in [1.29, 1.82) is 0 Å². The van der Waals surface area contributed by atoms with Crippen molar-refractivity contribution in [2.24, 2.45) is 0 Å². The van der Waals surface area contributed by atoms with Gasteiger partial charge in [0.25, 0.3) is 5.91 Å². The fourth-order valence-electron chi connectivity index (χ4n) is 1.76. The van der Waals surface area contributed by atoms with Crippen LogP contribution in [0.1, 0.15) is 22.3 Å². The van der Waals surface area contributed by atoms with Crippen LogP contribution in [0.3, 0.4) is 0 Å². The van der Waals surface area contributed by atoms with E-state index in [0.717, 1.165) is 23.0 Å². The Bertz CT molecular complexity index is 565. The Hall–Kier alpha value is -1.62. The van der Waals surface area contributed by atoms with Gasteiger partial charge in [-0.25, -0.2) is 0 Å². The van der Waals surface area contributed by atoms with Crippen LogP contribution in [0.2, 0.25) is 0 Å². The third-order valence-corrected chi connectivity index (χ3v) is 3.19. The van der Waals surface area contributed by atoms with Crippen LogP contribution in [0.5, 0.6) is 0 Å². The molecule has 0 saturated heterocycles. The Morgan fingerprint density at radius 3 is 3.00 bits per heavy atom. The number of carbonyl (C=O) groups is 1. The summed E-state index contributed by atoms with van der Waals surface area (Å²) in [6, 6.07) is 7.37. The third-order valence-electron chi connectivity index (χ3n) is 2.70. The Morgan fingerprint density at radius 2 is 2.32 bits per heavy atom. The van der Waals surface area contributed by atoms with Gasteiger partial charge in [0, 0.05) is 29.3 Å². The summed E-state index contributed by atoms with van der Waals surface area (Å²) in [4.78, 5) is 11.9. The number of nitrogens with one attached hydrogen (secondary N) is 1. The number of aryl methyl sites for hydroxylation is 2. The topological polar surface area (TPSA) is 46.9 Å². The molecule has 0 fully saturated rings. The molecule has 19 heavy (non-hydrogen) atoms. The molecule has 1 amide bonds. The molecular formula is C14H16BrN3O. The highest BCUT2D eigenvalue weighted by atomic mass is 79.9. The highest BCUT2D eigenvalue weighted by Crippen LogP contribution is 2.11. The summed E-state index contributed by atoms with van der Waals surface area (Å²) in [6.07, 6.45) is 4.69. The van der Waals surface area contributed by atoms with E-state index in [4.69, 9.17) is 0 Å². The molecule has 0 aliphatic heterocycles. The molecule has 5 heteroatoms. The predicted molar refractivity (Wildman–Crippen MR) is 78.1 cm³/mol. The van der Waals surface area contributed by atoms with Crippen LogP contribution < -0.4 is 5.32 Å². The van der Waals surface area contributed by atoms with Gasteiger partial charge in [-0.2, -0.15) is 5.10 Å². The van der Waals surface area contributed by atoms with Crippen molar-refractivity contribution in [2.45, 2.75) is 19.9 Å². The highest BCUT2D eigenvalue weighted by molar-refractivity contribution is 9.10.